The minimum absolute atomic E-state index is 0. The average molecular weight is 506 g/mol. The average Bonchev–Trinajstić information content (AvgIpc) is 2.58. The Hall–Kier alpha value is -1.71. The number of carbonyl (C=O) groups is 1. The van der Waals surface area contributed by atoms with E-state index in [4.69, 9.17) is 9.47 Å². The van der Waals surface area contributed by atoms with Gasteiger partial charge >= 0.3 is 0 Å². The summed E-state index contributed by atoms with van der Waals surface area (Å²) in [6.45, 7) is 10.1. The lowest BCUT2D eigenvalue weighted by molar-refractivity contribution is -0.122. The Morgan fingerprint density at radius 3 is 2.54 bits per heavy atom. The summed E-state index contributed by atoms with van der Waals surface area (Å²) in [5.74, 6) is 2.23. The highest BCUT2D eigenvalue weighted by atomic mass is 127. The van der Waals surface area contributed by atoms with Crippen LogP contribution in [-0.4, -0.2) is 62.7 Å². The predicted molar refractivity (Wildman–Crippen MR) is 125 cm³/mol. The van der Waals surface area contributed by atoms with E-state index in [1.54, 1.807) is 7.11 Å². The first-order valence-corrected chi connectivity index (χ1v) is 9.32. The molecule has 1 amide bonds. The van der Waals surface area contributed by atoms with Gasteiger partial charge in [-0.2, -0.15) is 0 Å². The van der Waals surface area contributed by atoms with Crippen LogP contribution in [0.5, 0.6) is 11.5 Å². The van der Waals surface area contributed by atoms with Crippen molar-refractivity contribution in [1.29, 1.82) is 0 Å². The number of carbonyl (C=O) groups excluding carboxylic acids is 1. The standard InChI is InChI=1S/C20H34N4O3.HI/c1-7-21-19(24(5)15-18(25)23-20(2,3)4)22-12-9-13-27-17-11-8-10-16(14-17)26-6;/h8,10-11,14H,7,9,12-13,15H2,1-6H3,(H,21,22)(H,23,25);1H. The number of guanidine groups is 1. The van der Waals surface area contributed by atoms with E-state index >= 15 is 0 Å². The Morgan fingerprint density at radius 2 is 1.93 bits per heavy atom. The smallest absolute Gasteiger partial charge is 0.240 e. The molecule has 7 nitrogen and oxygen atoms in total. The summed E-state index contributed by atoms with van der Waals surface area (Å²) < 4.78 is 10.9. The SMILES string of the molecule is CCNC(=NCCCOc1cccc(OC)c1)N(C)CC(=O)NC(C)(C)C.I. The molecule has 0 radical (unpaired) electrons. The van der Waals surface area contributed by atoms with E-state index in [-0.39, 0.29) is 42.0 Å². The number of rotatable bonds is 9. The number of hydrogen-bond donors (Lipinski definition) is 2. The van der Waals surface area contributed by atoms with Crippen LogP contribution in [0.4, 0.5) is 0 Å². The summed E-state index contributed by atoms with van der Waals surface area (Å²) in [5, 5.41) is 6.17. The number of nitrogens with one attached hydrogen (secondary N) is 2. The lowest BCUT2D eigenvalue weighted by Crippen LogP contribution is -2.48. The van der Waals surface area contributed by atoms with Gasteiger partial charge in [0.15, 0.2) is 5.96 Å². The zero-order valence-electron chi connectivity index (χ0n) is 17.9. The molecule has 0 saturated carbocycles. The highest BCUT2D eigenvalue weighted by Gasteiger charge is 2.16. The van der Waals surface area contributed by atoms with Crippen molar-refractivity contribution in [1.82, 2.24) is 15.5 Å². The summed E-state index contributed by atoms with van der Waals surface area (Å²) >= 11 is 0. The van der Waals surface area contributed by atoms with Gasteiger partial charge in [-0.3, -0.25) is 9.79 Å². The van der Waals surface area contributed by atoms with Crippen LogP contribution in [-0.2, 0) is 4.79 Å². The molecule has 0 aliphatic carbocycles. The molecule has 1 aromatic rings. The van der Waals surface area contributed by atoms with Crippen molar-refractivity contribution in [3.05, 3.63) is 24.3 Å². The van der Waals surface area contributed by atoms with Crippen molar-refractivity contribution in [2.75, 3.05) is 40.4 Å². The lowest BCUT2D eigenvalue weighted by atomic mass is 10.1. The van der Waals surface area contributed by atoms with Crippen molar-refractivity contribution in [2.45, 2.75) is 39.7 Å². The van der Waals surface area contributed by atoms with Crippen LogP contribution in [0, 0.1) is 0 Å². The third-order valence-electron chi connectivity index (χ3n) is 3.47. The monoisotopic (exact) mass is 506 g/mol. The first-order chi connectivity index (χ1) is 12.7. The van der Waals surface area contributed by atoms with Gasteiger partial charge in [-0.1, -0.05) is 6.07 Å². The Bertz CT molecular complexity index is 618. The van der Waals surface area contributed by atoms with E-state index in [9.17, 15) is 4.79 Å². The lowest BCUT2D eigenvalue weighted by Gasteiger charge is -2.25. The summed E-state index contributed by atoms with van der Waals surface area (Å²) in [5.41, 5.74) is -0.245. The van der Waals surface area contributed by atoms with E-state index < -0.39 is 0 Å². The quantitative estimate of drug-likeness (QED) is 0.233. The number of likely N-dealkylation sites (N-methyl/N-ethyl adjacent to an activating group) is 1. The fourth-order valence-corrected chi connectivity index (χ4v) is 2.35. The molecule has 28 heavy (non-hydrogen) atoms. The van der Waals surface area contributed by atoms with Crippen LogP contribution in [0.2, 0.25) is 0 Å². The Morgan fingerprint density at radius 1 is 1.25 bits per heavy atom. The fraction of sp³-hybridized carbons (Fsp3) is 0.600. The normalized spacial score (nSPS) is 11.3. The third kappa shape index (κ3) is 11.2. The number of amides is 1. The molecule has 0 aliphatic heterocycles. The molecule has 1 rings (SSSR count). The summed E-state index contributed by atoms with van der Waals surface area (Å²) in [4.78, 5) is 18.5. The number of ether oxygens (including phenoxy) is 2. The Labute approximate surface area is 186 Å². The van der Waals surface area contributed by atoms with E-state index in [0.29, 0.717) is 19.1 Å². The number of hydrogen-bond acceptors (Lipinski definition) is 4. The Kier molecular flexibility index (Phi) is 12.6. The molecule has 160 valence electrons. The first-order valence-electron chi connectivity index (χ1n) is 9.32. The molecule has 8 heteroatoms. The number of halogens is 1. The summed E-state index contributed by atoms with van der Waals surface area (Å²) in [6, 6.07) is 7.53. The van der Waals surface area contributed by atoms with E-state index in [2.05, 4.69) is 15.6 Å². The molecular formula is C20H35IN4O3. The minimum atomic E-state index is -0.245. The first kappa shape index (κ1) is 26.3. The fourth-order valence-electron chi connectivity index (χ4n) is 2.35. The molecular weight excluding hydrogens is 471 g/mol. The molecule has 2 N–H and O–H groups in total. The zero-order valence-corrected chi connectivity index (χ0v) is 20.2. The van der Waals surface area contributed by atoms with E-state index in [0.717, 1.165) is 24.5 Å². The predicted octanol–water partition coefficient (Wildman–Crippen LogP) is 2.89. The van der Waals surface area contributed by atoms with E-state index in [1.807, 2.05) is 63.9 Å². The van der Waals surface area contributed by atoms with Crippen molar-refractivity contribution in [3.8, 4) is 11.5 Å². The molecule has 0 heterocycles. The van der Waals surface area contributed by atoms with Gasteiger partial charge in [-0.25, -0.2) is 0 Å². The molecule has 0 aromatic heterocycles. The van der Waals surface area contributed by atoms with Gasteiger partial charge < -0.3 is 25.0 Å². The highest BCUT2D eigenvalue weighted by molar-refractivity contribution is 14.0. The highest BCUT2D eigenvalue weighted by Crippen LogP contribution is 2.18. The van der Waals surface area contributed by atoms with Crippen LogP contribution in [0.1, 0.15) is 34.1 Å². The van der Waals surface area contributed by atoms with Crippen LogP contribution in [0.25, 0.3) is 0 Å². The van der Waals surface area contributed by atoms with Crippen LogP contribution in [0.15, 0.2) is 29.3 Å². The van der Waals surface area contributed by atoms with Crippen molar-refractivity contribution < 1.29 is 14.3 Å². The molecule has 0 unspecified atom stereocenters. The third-order valence-corrected chi connectivity index (χ3v) is 3.47. The van der Waals surface area contributed by atoms with Crippen LogP contribution >= 0.6 is 24.0 Å². The van der Waals surface area contributed by atoms with Gasteiger partial charge in [-0.05, 0) is 39.8 Å². The van der Waals surface area contributed by atoms with Gasteiger partial charge in [0.25, 0.3) is 0 Å². The molecule has 0 spiro atoms. The second-order valence-electron chi connectivity index (χ2n) is 7.27. The maximum Gasteiger partial charge on any atom is 0.240 e. The topological polar surface area (TPSA) is 75.2 Å². The van der Waals surface area contributed by atoms with Gasteiger partial charge in [0.1, 0.15) is 11.5 Å². The zero-order chi connectivity index (χ0) is 20.3. The number of methoxy groups -OCH3 is 1. The maximum absolute atomic E-state index is 12.1. The minimum Gasteiger partial charge on any atom is -0.497 e. The second-order valence-corrected chi connectivity index (χ2v) is 7.27. The van der Waals surface area contributed by atoms with Crippen molar-refractivity contribution in [3.63, 3.8) is 0 Å². The molecule has 0 saturated heterocycles. The number of benzene rings is 1. The molecule has 0 bridgehead atoms. The summed E-state index contributed by atoms with van der Waals surface area (Å²) in [6.07, 6.45) is 0.772. The largest absolute Gasteiger partial charge is 0.497 e. The molecule has 0 fully saturated rings. The van der Waals surface area contributed by atoms with Gasteiger partial charge in [-0.15, -0.1) is 24.0 Å². The number of aliphatic imine (C=N–C) groups is 1. The van der Waals surface area contributed by atoms with Crippen LogP contribution in [0.3, 0.4) is 0 Å². The van der Waals surface area contributed by atoms with Crippen molar-refractivity contribution in [2.24, 2.45) is 4.99 Å². The van der Waals surface area contributed by atoms with Crippen LogP contribution < -0.4 is 20.1 Å². The maximum atomic E-state index is 12.1. The van der Waals surface area contributed by atoms with Gasteiger partial charge in [0.05, 0.1) is 20.3 Å². The second kappa shape index (κ2) is 13.5. The number of nitrogens with zero attached hydrogens (tertiary/aromatic N) is 2. The molecule has 0 aliphatic rings. The van der Waals surface area contributed by atoms with E-state index in [1.165, 1.54) is 0 Å². The Balaban J connectivity index is 0.00000729. The molecule has 0 atom stereocenters. The molecule has 1 aromatic carbocycles. The van der Waals surface area contributed by atoms with Crippen molar-refractivity contribution >= 4 is 35.8 Å². The summed E-state index contributed by atoms with van der Waals surface area (Å²) in [7, 11) is 3.49. The van der Waals surface area contributed by atoms with Gasteiger partial charge in [0, 0.05) is 38.2 Å². The van der Waals surface area contributed by atoms with Gasteiger partial charge in [0.2, 0.25) is 5.91 Å².